The molecule has 0 bridgehead atoms. The number of hydrogen-bond acceptors (Lipinski definition) is 5. The maximum Gasteiger partial charge on any atom is 0.261 e. The third-order valence-electron chi connectivity index (χ3n) is 6.71. The summed E-state index contributed by atoms with van der Waals surface area (Å²) < 4.78 is 56.3. The van der Waals surface area contributed by atoms with Gasteiger partial charge in [0.2, 0.25) is 10.0 Å². The Morgan fingerprint density at radius 1 is 0.711 bits per heavy atom. The predicted octanol–water partition coefficient (Wildman–Crippen LogP) is 5.23. The van der Waals surface area contributed by atoms with E-state index in [-0.39, 0.29) is 15.4 Å². The summed E-state index contributed by atoms with van der Waals surface area (Å²) in [4.78, 5) is 13.1. The highest BCUT2D eigenvalue weighted by Gasteiger charge is 2.25. The van der Waals surface area contributed by atoms with Gasteiger partial charge in [-0.05, 0) is 87.2 Å². The summed E-state index contributed by atoms with van der Waals surface area (Å²) >= 11 is 0. The first-order chi connectivity index (χ1) is 18.0. The van der Waals surface area contributed by atoms with Gasteiger partial charge in [0, 0.05) is 24.3 Å². The van der Waals surface area contributed by atoms with Crippen molar-refractivity contribution in [2.24, 2.45) is 0 Å². The second-order valence-electron chi connectivity index (χ2n) is 9.70. The third kappa shape index (κ3) is 6.25. The second-order valence-corrected chi connectivity index (χ2v) is 13.3. The fourth-order valence-electron chi connectivity index (χ4n) is 4.44. The standard InChI is InChI=1S/C28H33N3O5S2/c1-20-8-15-26(22(3)18-20)30-37(33,34)25-12-9-21(2)27(19-25)29-28(32)23-10-13-24(14-11-23)38(35,36)31-16-6-4-5-7-17-31/h8-15,18-19,30H,4-7,16-17H2,1-3H3,(H,29,32). The summed E-state index contributed by atoms with van der Waals surface area (Å²) in [5.41, 5.74) is 3.61. The molecule has 1 aliphatic rings. The number of nitrogens with zero attached hydrogens (tertiary/aromatic N) is 1. The molecule has 10 heteroatoms. The van der Waals surface area contributed by atoms with Crippen molar-refractivity contribution in [2.45, 2.75) is 56.2 Å². The molecule has 1 aliphatic heterocycles. The zero-order valence-corrected chi connectivity index (χ0v) is 23.5. The lowest BCUT2D eigenvalue weighted by Crippen LogP contribution is -2.31. The molecule has 38 heavy (non-hydrogen) atoms. The van der Waals surface area contributed by atoms with E-state index in [1.165, 1.54) is 40.7 Å². The molecule has 1 heterocycles. The summed E-state index contributed by atoms with van der Waals surface area (Å²) in [6, 6.07) is 15.8. The van der Waals surface area contributed by atoms with Crippen LogP contribution in [0.4, 0.5) is 11.4 Å². The second kappa shape index (κ2) is 11.3. The maximum atomic E-state index is 13.1. The molecule has 2 N–H and O–H groups in total. The Morgan fingerprint density at radius 3 is 1.97 bits per heavy atom. The third-order valence-corrected chi connectivity index (χ3v) is 9.99. The number of carbonyl (C=O) groups excluding carboxylic acids is 1. The molecule has 202 valence electrons. The molecule has 8 nitrogen and oxygen atoms in total. The van der Waals surface area contributed by atoms with Crippen LogP contribution in [0.15, 0.2) is 70.5 Å². The van der Waals surface area contributed by atoms with Gasteiger partial charge in [-0.2, -0.15) is 4.31 Å². The molecule has 0 saturated carbocycles. The highest BCUT2D eigenvalue weighted by atomic mass is 32.2. The number of sulfonamides is 2. The molecule has 1 amide bonds. The lowest BCUT2D eigenvalue weighted by molar-refractivity contribution is 0.102. The summed E-state index contributed by atoms with van der Waals surface area (Å²) in [7, 11) is -7.52. The van der Waals surface area contributed by atoms with Crippen molar-refractivity contribution < 1.29 is 21.6 Å². The van der Waals surface area contributed by atoms with Crippen LogP contribution in [0, 0.1) is 20.8 Å². The summed E-state index contributed by atoms with van der Waals surface area (Å²) in [6.45, 7) is 6.53. The van der Waals surface area contributed by atoms with E-state index in [9.17, 15) is 21.6 Å². The molecule has 0 aromatic heterocycles. The van der Waals surface area contributed by atoms with Gasteiger partial charge in [0.25, 0.3) is 15.9 Å². The van der Waals surface area contributed by atoms with E-state index < -0.39 is 26.0 Å². The van der Waals surface area contributed by atoms with Gasteiger partial charge in [-0.25, -0.2) is 16.8 Å². The highest BCUT2D eigenvalue weighted by Crippen LogP contribution is 2.26. The summed E-state index contributed by atoms with van der Waals surface area (Å²) in [5, 5.41) is 2.76. The fourth-order valence-corrected chi connectivity index (χ4v) is 7.11. The van der Waals surface area contributed by atoms with Gasteiger partial charge >= 0.3 is 0 Å². The maximum absolute atomic E-state index is 13.1. The molecule has 0 unspecified atom stereocenters. The first kappa shape index (κ1) is 27.8. The van der Waals surface area contributed by atoms with Crippen molar-refractivity contribution in [1.29, 1.82) is 0 Å². The van der Waals surface area contributed by atoms with Crippen molar-refractivity contribution in [2.75, 3.05) is 23.1 Å². The molecule has 0 atom stereocenters. The zero-order valence-electron chi connectivity index (χ0n) is 21.8. The van der Waals surface area contributed by atoms with E-state index in [4.69, 9.17) is 0 Å². The molecule has 3 aromatic rings. The van der Waals surface area contributed by atoms with E-state index in [0.717, 1.165) is 36.8 Å². The summed E-state index contributed by atoms with van der Waals surface area (Å²) in [5.74, 6) is -0.469. The fraction of sp³-hybridized carbons (Fsp3) is 0.321. The van der Waals surface area contributed by atoms with Gasteiger partial charge < -0.3 is 5.32 Å². The average Bonchev–Trinajstić information content (AvgIpc) is 3.17. The Bertz CT molecular complexity index is 1540. The van der Waals surface area contributed by atoms with Crippen LogP contribution in [0.25, 0.3) is 0 Å². The molecule has 4 rings (SSSR count). The summed E-state index contributed by atoms with van der Waals surface area (Å²) in [6.07, 6.45) is 3.73. The van der Waals surface area contributed by atoms with Crippen molar-refractivity contribution in [1.82, 2.24) is 4.31 Å². The number of aryl methyl sites for hydroxylation is 3. The minimum Gasteiger partial charge on any atom is -0.322 e. The average molecular weight is 556 g/mol. The Kier molecular flexibility index (Phi) is 8.25. The van der Waals surface area contributed by atoms with Crippen LogP contribution in [0.5, 0.6) is 0 Å². The minimum atomic E-state index is -3.90. The van der Waals surface area contributed by atoms with Crippen molar-refractivity contribution in [3.63, 3.8) is 0 Å². The van der Waals surface area contributed by atoms with Crippen LogP contribution in [-0.2, 0) is 20.0 Å². The Labute approximate surface area is 225 Å². The predicted molar refractivity (Wildman–Crippen MR) is 150 cm³/mol. The normalized spacial score (nSPS) is 15.0. The van der Waals surface area contributed by atoms with Crippen LogP contribution in [0.2, 0.25) is 0 Å². The van der Waals surface area contributed by atoms with Gasteiger partial charge in [-0.1, -0.05) is 36.6 Å². The number of carbonyl (C=O) groups is 1. The van der Waals surface area contributed by atoms with Crippen molar-refractivity contribution in [3.05, 3.63) is 82.9 Å². The van der Waals surface area contributed by atoms with Gasteiger partial charge in [0.15, 0.2) is 0 Å². The molecule has 1 saturated heterocycles. The van der Waals surface area contributed by atoms with E-state index in [0.29, 0.717) is 30.0 Å². The molecule has 0 radical (unpaired) electrons. The number of anilines is 2. The SMILES string of the molecule is Cc1ccc(NS(=O)(=O)c2ccc(C)c(NC(=O)c3ccc(S(=O)(=O)N4CCCCCC4)cc3)c2)c(C)c1. The van der Waals surface area contributed by atoms with Crippen molar-refractivity contribution >= 4 is 37.3 Å². The Morgan fingerprint density at radius 2 is 1.34 bits per heavy atom. The number of hydrogen-bond donors (Lipinski definition) is 2. The van der Waals surface area contributed by atoms with Crippen molar-refractivity contribution in [3.8, 4) is 0 Å². The van der Waals surface area contributed by atoms with E-state index in [2.05, 4.69) is 10.0 Å². The van der Waals surface area contributed by atoms with Crippen LogP contribution < -0.4 is 10.0 Å². The topological polar surface area (TPSA) is 113 Å². The lowest BCUT2D eigenvalue weighted by Gasteiger charge is -2.20. The van der Waals surface area contributed by atoms with Crippen LogP contribution >= 0.6 is 0 Å². The molecule has 0 spiro atoms. The van der Waals surface area contributed by atoms with Gasteiger partial charge in [0.1, 0.15) is 0 Å². The first-order valence-electron chi connectivity index (χ1n) is 12.6. The Balaban J connectivity index is 1.51. The van der Waals surface area contributed by atoms with Crippen LogP contribution in [0.1, 0.15) is 52.7 Å². The van der Waals surface area contributed by atoms with Crippen LogP contribution in [0.3, 0.4) is 0 Å². The number of nitrogens with one attached hydrogen (secondary N) is 2. The van der Waals surface area contributed by atoms with Gasteiger partial charge in [-0.15, -0.1) is 0 Å². The number of rotatable bonds is 7. The lowest BCUT2D eigenvalue weighted by atomic mass is 10.1. The van der Waals surface area contributed by atoms with E-state index >= 15 is 0 Å². The molecule has 1 fully saturated rings. The van der Waals surface area contributed by atoms with E-state index in [1.807, 2.05) is 26.0 Å². The molecule has 0 aliphatic carbocycles. The molecular weight excluding hydrogens is 522 g/mol. The van der Waals surface area contributed by atoms with E-state index in [1.54, 1.807) is 19.1 Å². The smallest absolute Gasteiger partial charge is 0.261 e. The quantitative estimate of drug-likeness (QED) is 0.415. The molecule has 3 aromatic carbocycles. The van der Waals surface area contributed by atoms with Gasteiger partial charge in [0.05, 0.1) is 15.5 Å². The van der Waals surface area contributed by atoms with Crippen LogP contribution in [-0.4, -0.2) is 40.1 Å². The monoisotopic (exact) mass is 555 g/mol. The first-order valence-corrected chi connectivity index (χ1v) is 15.5. The molecular formula is C28H33N3O5S2. The number of amides is 1. The zero-order chi connectivity index (χ0) is 27.5. The highest BCUT2D eigenvalue weighted by molar-refractivity contribution is 7.92. The largest absolute Gasteiger partial charge is 0.322 e. The number of benzene rings is 3. The minimum absolute atomic E-state index is 0.0114. The van der Waals surface area contributed by atoms with Gasteiger partial charge in [-0.3, -0.25) is 9.52 Å². The Hall–Kier alpha value is -3.21.